The number of guanidine groups is 1. The number of aliphatic imine (C=N–C) groups is 1. The van der Waals surface area contributed by atoms with Crippen molar-refractivity contribution in [2.24, 2.45) is 4.99 Å². The molecule has 7 heteroatoms. The lowest BCUT2D eigenvalue weighted by Crippen LogP contribution is -2.46. The van der Waals surface area contributed by atoms with E-state index in [1.807, 2.05) is 0 Å². The Bertz CT molecular complexity index is 561. The number of halogens is 2. The molecule has 3 rings (SSSR count). The summed E-state index contributed by atoms with van der Waals surface area (Å²) in [6.45, 7) is 3.60. The predicted molar refractivity (Wildman–Crippen MR) is 110 cm³/mol. The highest BCUT2D eigenvalue weighted by molar-refractivity contribution is 14.0. The third-order valence-corrected chi connectivity index (χ3v) is 5.19. The van der Waals surface area contributed by atoms with Crippen LogP contribution in [-0.2, 0) is 14.9 Å². The quantitative estimate of drug-likeness (QED) is 0.364. The van der Waals surface area contributed by atoms with E-state index >= 15 is 0 Å². The molecule has 1 atom stereocenters. The maximum absolute atomic E-state index is 5.64. The average Bonchev–Trinajstić information content (AvgIpc) is 3.37. The van der Waals surface area contributed by atoms with Crippen LogP contribution in [0.1, 0.15) is 18.4 Å². The van der Waals surface area contributed by atoms with Crippen LogP contribution in [0.25, 0.3) is 0 Å². The standard InChI is InChI=1S/C17H24BrN3O2.HI/c1-19-16(20-10-13-11-22-8-9-23-13)21-12-17(6-7-17)14-4-2-3-5-15(14)18;/h2-5,13H,6-12H2,1H3,(H2,19,20,21);1H. The molecule has 0 bridgehead atoms. The Morgan fingerprint density at radius 3 is 2.71 bits per heavy atom. The Morgan fingerprint density at radius 2 is 2.08 bits per heavy atom. The maximum Gasteiger partial charge on any atom is 0.191 e. The van der Waals surface area contributed by atoms with Gasteiger partial charge in [-0.3, -0.25) is 4.99 Å². The minimum atomic E-state index is 0. The van der Waals surface area contributed by atoms with Crippen molar-refractivity contribution in [3.8, 4) is 0 Å². The van der Waals surface area contributed by atoms with Crippen molar-refractivity contribution in [3.05, 3.63) is 34.3 Å². The zero-order valence-electron chi connectivity index (χ0n) is 13.9. The van der Waals surface area contributed by atoms with Gasteiger partial charge >= 0.3 is 0 Å². The van der Waals surface area contributed by atoms with E-state index in [9.17, 15) is 0 Å². The molecule has 2 aliphatic rings. The molecule has 5 nitrogen and oxygen atoms in total. The summed E-state index contributed by atoms with van der Waals surface area (Å²) in [6.07, 6.45) is 2.51. The number of ether oxygens (including phenoxy) is 2. The summed E-state index contributed by atoms with van der Waals surface area (Å²) in [6, 6.07) is 8.49. The Kier molecular flexibility index (Phi) is 7.77. The van der Waals surface area contributed by atoms with Gasteiger partial charge in [-0.2, -0.15) is 0 Å². The van der Waals surface area contributed by atoms with Gasteiger partial charge in [-0.25, -0.2) is 0 Å². The lowest BCUT2D eigenvalue weighted by atomic mass is 9.96. The van der Waals surface area contributed by atoms with Crippen molar-refractivity contribution in [1.82, 2.24) is 10.6 Å². The first-order valence-electron chi connectivity index (χ1n) is 8.12. The van der Waals surface area contributed by atoms with Crippen LogP contribution in [-0.4, -0.2) is 52.0 Å². The van der Waals surface area contributed by atoms with Gasteiger partial charge in [0.15, 0.2) is 5.96 Å². The Morgan fingerprint density at radius 1 is 1.29 bits per heavy atom. The van der Waals surface area contributed by atoms with Gasteiger partial charge in [-0.1, -0.05) is 34.1 Å². The molecule has 2 N–H and O–H groups in total. The van der Waals surface area contributed by atoms with E-state index in [0.29, 0.717) is 26.4 Å². The van der Waals surface area contributed by atoms with E-state index < -0.39 is 0 Å². The van der Waals surface area contributed by atoms with Gasteiger partial charge in [-0.15, -0.1) is 24.0 Å². The lowest BCUT2D eigenvalue weighted by Gasteiger charge is -2.25. The van der Waals surface area contributed by atoms with Crippen LogP contribution in [0.15, 0.2) is 33.7 Å². The van der Waals surface area contributed by atoms with Gasteiger partial charge in [0, 0.05) is 30.0 Å². The molecule has 0 radical (unpaired) electrons. The molecule has 1 aromatic carbocycles. The van der Waals surface area contributed by atoms with Gasteiger partial charge < -0.3 is 20.1 Å². The monoisotopic (exact) mass is 509 g/mol. The Hall–Kier alpha value is -0.380. The molecule has 2 fully saturated rings. The first kappa shape index (κ1) is 19.9. The topological polar surface area (TPSA) is 54.9 Å². The van der Waals surface area contributed by atoms with Gasteiger partial charge in [0.05, 0.1) is 25.9 Å². The molecule has 1 aliphatic heterocycles. The summed E-state index contributed by atoms with van der Waals surface area (Å²) >= 11 is 3.67. The smallest absolute Gasteiger partial charge is 0.191 e. The summed E-state index contributed by atoms with van der Waals surface area (Å²) in [5.41, 5.74) is 1.61. The average molecular weight is 510 g/mol. The number of hydrogen-bond donors (Lipinski definition) is 2. The maximum atomic E-state index is 5.64. The third kappa shape index (κ3) is 5.06. The van der Waals surface area contributed by atoms with E-state index in [1.165, 1.54) is 22.9 Å². The van der Waals surface area contributed by atoms with Gasteiger partial charge in [-0.05, 0) is 24.5 Å². The van der Waals surface area contributed by atoms with Crippen molar-refractivity contribution in [3.63, 3.8) is 0 Å². The van der Waals surface area contributed by atoms with Gasteiger partial charge in [0.2, 0.25) is 0 Å². The SMILES string of the molecule is CN=C(NCC1COCCO1)NCC1(c2ccccc2Br)CC1.I. The number of rotatable bonds is 5. The molecule has 1 heterocycles. The number of benzene rings is 1. The highest BCUT2D eigenvalue weighted by atomic mass is 127. The molecule has 1 unspecified atom stereocenters. The van der Waals surface area contributed by atoms with Crippen molar-refractivity contribution in [1.29, 1.82) is 0 Å². The van der Waals surface area contributed by atoms with Crippen molar-refractivity contribution < 1.29 is 9.47 Å². The summed E-state index contributed by atoms with van der Waals surface area (Å²) in [4.78, 5) is 4.31. The molecule has 1 saturated carbocycles. The number of nitrogens with one attached hydrogen (secondary N) is 2. The van der Waals surface area contributed by atoms with E-state index in [1.54, 1.807) is 7.05 Å². The molecule has 134 valence electrons. The van der Waals surface area contributed by atoms with Gasteiger partial charge in [0.25, 0.3) is 0 Å². The normalized spacial score (nSPS) is 22.4. The fourth-order valence-corrected chi connectivity index (χ4v) is 3.63. The van der Waals surface area contributed by atoms with E-state index in [0.717, 1.165) is 12.5 Å². The van der Waals surface area contributed by atoms with Crippen LogP contribution in [0.2, 0.25) is 0 Å². The lowest BCUT2D eigenvalue weighted by molar-refractivity contribution is -0.0850. The molecule has 1 aromatic rings. The highest BCUT2D eigenvalue weighted by Gasteiger charge is 2.45. The summed E-state index contributed by atoms with van der Waals surface area (Å²) in [5, 5.41) is 6.79. The molecular weight excluding hydrogens is 485 g/mol. The van der Waals surface area contributed by atoms with E-state index in [2.05, 4.69) is 55.8 Å². The van der Waals surface area contributed by atoms with Crippen LogP contribution in [0.4, 0.5) is 0 Å². The summed E-state index contributed by atoms with van der Waals surface area (Å²) < 4.78 is 12.2. The first-order chi connectivity index (χ1) is 11.2. The van der Waals surface area contributed by atoms with E-state index in [-0.39, 0.29) is 35.5 Å². The van der Waals surface area contributed by atoms with Crippen LogP contribution < -0.4 is 10.6 Å². The van der Waals surface area contributed by atoms with E-state index in [4.69, 9.17) is 9.47 Å². The summed E-state index contributed by atoms with van der Waals surface area (Å²) in [7, 11) is 1.80. The molecule has 1 saturated heterocycles. The first-order valence-corrected chi connectivity index (χ1v) is 8.92. The fourth-order valence-electron chi connectivity index (χ4n) is 2.92. The molecular formula is C17H25BrIN3O2. The Labute approximate surface area is 169 Å². The second-order valence-electron chi connectivity index (χ2n) is 6.13. The minimum absolute atomic E-state index is 0. The van der Waals surface area contributed by atoms with Crippen LogP contribution in [0.3, 0.4) is 0 Å². The van der Waals surface area contributed by atoms with Crippen LogP contribution in [0, 0.1) is 0 Å². The molecule has 0 aromatic heterocycles. The number of nitrogens with zero attached hydrogens (tertiary/aromatic N) is 1. The van der Waals surface area contributed by atoms with Crippen molar-refractivity contribution >= 4 is 45.9 Å². The summed E-state index contributed by atoms with van der Waals surface area (Å²) in [5.74, 6) is 0.817. The second-order valence-corrected chi connectivity index (χ2v) is 6.99. The third-order valence-electron chi connectivity index (χ3n) is 4.50. The highest BCUT2D eigenvalue weighted by Crippen LogP contribution is 2.49. The van der Waals surface area contributed by atoms with Crippen molar-refractivity contribution in [2.45, 2.75) is 24.4 Å². The van der Waals surface area contributed by atoms with Gasteiger partial charge in [0.1, 0.15) is 0 Å². The zero-order valence-corrected chi connectivity index (χ0v) is 17.8. The molecule has 0 spiro atoms. The largest absolute Gasteiger partial charge is 0.376 e. The van der Waals surface area contributed by atoms with Crippen LogP contribution in [0.5, 0.6) is 0 Å². The van der Waals surface area contributed by atoms with Crippen molar-refractivity contribution in [2.75, 3.05) is 40.0 Å². The number of hydrogen-bond acceptors (Lipinski definition) is 3. The predicted octanol–water partition coefficient (Wildman–Crippen LogP) is 2.68. The fraction of sp³-hybridized carbons (Fsp3) is 0.588. The second kappa shape index (κ2) is 9.35. The molecule has 1 aliphatic carbocycles. The van der Waals surface area contributed by atoms with Crippen LogP contribution >= 0.6 is 39.9 Å². The Balaban J connectivity index is 0.00000208. The molecule has 24 heavy (non-hydrogen) atoms. The minimum Gasteiger partial charge on any atom is -0.376 e. The molecule has 0 amide bonds. The zero-order chi connectivity index (χ0) is 16.1.